The number of anilines is 3. The van der Waals surface area contributed by atoms with E-state index in [1.165, 1.54) is 87.0 Å². The number of hydrogen-bond acceptors (Lipinski definition) is 1. The standard InChI is InChI=1S/C52H43N/c1-51(2)47-14-8-6-12-43(47)45-28-27-42(32-50(45)51)53(40-23-17-36(18-24-40)35-10-4-3-5-11-35)41-25-19-37(20-26-41)38-21-29-49-46(31-38)44-13-7-9-15-48(44)52(49)33-34-16-22-39(52)30-34/h3-15,17-21,23-29,31-32,34,39H,16,22,30,33H2,1-2H3. The van der Waals surface area contributed by atoms with Crippen molar-refractivity contribution in [2.45, 2.75) is 50.4 Å². The average molecular weight is 682 g/mol. The van der Waals surface area contributed by atoms with E-state index >= 15 is 0 Å². The first kappa shape index (κ1) is 30.9. The molecule has 0 N–H and O–H groups in total. The lowest BCUT2D eigenvalue weighted by atomic mass is 9.67. The Morgan fingerprint density at radius 1 is 0.434 bits per heavy atom. The van der Waals surface area contributed by atoms with Crippen LogP contribution in [0.15, 0.2) is 164 Å². The van der Waals surface area contributed by atoms with Crippen LogP contribution < -0.4 is 4.90 Å². The second-order valence-corrected chi connectivity index (χ2v) is 16.6. The molecule has 0 saturated heterocycles. The van der Waals surface area contributed by atoms with E-state index in [9.17, 15) is 0 Å². The predicted molar refractivity (Wildman–Crippen MR) is 221 cm³/mol. The molecule has 0 radical (unpaired) electrons. The fourth-order valence-electron chi connectivity index (χ4n) is 11.1. The van der Waals surface area contributed by atoms with Crippen LogP contribution >= 0.6 is 0 Å². The Bertz CT molecular complexity index is 2540. The molecule has 256 valence electrons. The van der Waals surface area contributed by atoms with Crippen molar-refractivity contribution in [1.29, 1.82) is 0 Å². The van der Waals surface area contributed by atoms with Crippen molar-refractivity contribution >= 4 is 17.1 Å². The highest BCUT2D eigenvalue weighted by Gasteiger charge is 2.56. The highest BCUT2D eigenvalue weighted by atomic mass is 15.1. The van der Waals surface area contributed by atoms with Crippen LogP contribution in [0, 0.1) is 11.8 Å². The van der Waals surface area contributed by atoms with E-state index in [1.54, 1.807) is 11.1 Å². The lowest BCUT2D eigenvalue weighted by molar-refractivity contribution is 0.327. The quantitative estimate of drug-likeness (QED) is 0.175. The third-order valence-corrected chi connectivity index (χ3v) is 13.6. The molecule has 0 amide bonds. The van der Waals surface area contributed by atoms with Crippen LogP contribution in [0.2, 0.25) is 0 Å². The molecule has 0 aromatic heterocycles. The van der Waals surface area contributed by atoms with Crippen LogP contribution in [0.4, 0.5) is 17.1 Å². The molecule has 2 saturated carbocycles. The van der Waals surface area contributed by atoms with Crippen LogP contribution in [-0.2, 0) is 10.8 Å². The predicted octanol–water partition coefficient (Wildman–Crippen LogP) is 13.9. The summed E-state index contributed by atoms with van der Waals surface area (Å²) in [7, 11) is 0. The van der Waals surface area contributed by atoms with E-state index in [4.69, 9.17) is 0 Å². The molecular weight excluding hydrogens is 639 g/mol. The van der Waals surface area contributed by atoms with Gasteiger partial charge >= 0.3 is 0 Å². The van der Waals surface area contributed by atoms with Gasteiger partial charge < -0.3 is 4.90 Å². The fraction of sp³-hybridized carbons (Fsp3) is 0.192. The Hall–Kier alpha value is -5.66. The molecule has 0 aliphatic heterocycles. The highest BCUT2D eigenvalue weighted by Crippen LogP contribution is 2.65. The summed E-state index contributed by atoms with van der Waals surface area (Å²) >= 11 is 0. The van der Waals surface area contributed by atoms with E-state index < -0.39 is 0 Å². The zero-order chi connectivity index (χ0) is 35.3. The van der Waals surface area contributed by atoms with Crippen LogP contribution in [-0.4, -0.2) is 0 Å². The summed E-state index contributed by atoms with van der Waals surface area (Å²) in [6.45, 7) is 4.73. The van der Waals surface area contributed by atoms with Crippen LogP contribution in [0.1, 0.15) is 61.8 Å². The van der Waals surface area contributed by atoms with Gasteiger partial charge in [-0.05, 0) is 140 Å². The number of fused-ring (bicyclic) bond motifs is 11. The van der Waals surface area contributed by atoms with Gasteiger partial charge in [-0.1, -0.05) is 142 Å². The maximum absolute atomic E-state index is 2.49. The van der Waals surface area contributed by atoms with Gasteiger partial charge in [0.2, 0.25) is 0 Å². The molecule has 4 aliphatic rings. The zero-order valence-electron chi connectivity index (χ0n) is 30.5. The van der Waals surface area contributed by atoms with Crippen molar-refractivity contribution in [1.82, 2.24) is 0 Å². The molecule has 2 fully saturated rings. The van der Waals surface area contributed by atoms with Gasteiger partial charge in [-0.25, -0.2) is 0 Å². The van der Waals surface area contributed by atoms with Gasteiger partial charge in [0.1, 0.15) is 0 Å². The first-order chi connectivity index (χ1) is 26.0. The highest BCUT2D eigenvalue weighted by molar-refractivity contribution is 5.88. The molecule has 7 aromatic carbocycles. The molecule has 3 unspecified atom stereocenters. The third kappa shape index (κ3) is 4.50. The molecular formula is C52H43N. The Balaban J connectivity index is 0.993. The first-order valence-electron chi connectivity index (χ1n) is 19.5. The topological polar surface area (TPSA) is 3.24 Å². The molecule has 53 heavy (non-hydrogen) atoms. The molecule has 1 nitrogen and oxygen atoms in total. The minimum Gasteiger partial charge on any atom is -0.310 e. The van der Waals surface area contributed by atoms with E-state index in [-0.39, 0.29) is 10.8 Å². The van der Waals surface area contributed by atoms with Gasteiger partial charge in [0, 0.05) is 27.9 Å². The van der Waals surface area contributed by atoms with Gasteiger partial charge in [-0.3, -0.25) is 0 Å². The summed E-state index contributed by atoms with van der Waals surface area (Å²) in [4.78, 5) is 2.43. The van der Waals surface area contributed by atoms with Gasteiger partial charge in [0.25, 0.3) is 0 Å². The molecule has 2 bridgehead atoms. The van der Waals surface area contributed by atoms with E-state index in [2.05, 4.69) is 183 Å². The van der Waals surface area contributed by atoms with Crippen molar-refractivity contribution in [2.75, 3.05) is 4.90 Å². The van der Waals surface area contributed by atoms with Gasteiger partial charge in [0.15, 0.2) is 0 Å². The van der Waals surface area contributed by atoms with E-state index in [1.807, 2.05) is 0 Å². The van der Waals surface area contributed by atoms with Crippen molar-refractivity contribution in [3.05, 3.63) is 186 Å². The molecule has 4 aliphatic carbocycles. The van der Waals surface area contributed by atoms with Crippen molar-refractivity contribution in [3.8, 4) is 44.5 Å². The lowest BCUT2D eigenvalue weighted by Gasteiger charge is -2.36. The van der Waals surface area contributed by atoms with Crippen molar-refractivity contribution in [2.24, 2.45) is 11.8 Å². The molecule has 0 heterocycles. The minimum absolute atomic E-state index is 0.0720. The van der Waals surface area contributed by atoms with Gasteiger partial charge in [0.05, 0.1) is 0 Å². The second kappa shape index (κ2) is 11.4. The molecule has 1 heteroatoms. The summed E-state index contributed by atoms with van der Waals surface area (Å²) in [6, 6.07) is 61.6. The lowest BCUT2D eigenvalue weighted by Crippen LogP contribution is -2.31. The fourth-order valence-corrected chi connectivity index (χ4v) is 11.1. The maximum atomic E-state index is 2.49. The smallest absolute Gasteiger partial charge is 0.0465 e. The first-order valence-corrected chi connectivity index (χ1v) is 19.5. The average Bonchev–Trinajstić information content (AvgIpc) is 3.96. The largest absolute Gasteiger partial charge is 0.310 e. The Labute approximate surface area is 313 Å². The molecule has 1 spiro atoms. The Morgan fingerprint density at radius 3 is 1.66 bits per heavy atom. The number of nitrogens with zero attached hydrogens (tertiary/aromatic N) is 1. The molecule has 3 atom stereocenters. The van der Waals surface area contributed by atoms with E-state index in [0.29, 0.717) is 0 Å². The van der Waals surface area contributed by atoms with Crippen molar-refractivity contribution in [3.63, 3.8) is 0 Å². The van der Waals surface area contributed by atoms with Gasteiger partial charge in [-0.2, -0.15) is 0 Å². The van der Waals surface area contributed by atoms with Gasteiger partial charge in [-0.15, -0.1) is 0 Å². The van der Waals surface area contributed by atoms with Crippen LogP contribution in [0.25, 0.3) is 44.5 Å². The van der Waals surface area contributed by atoms with E-state index in [0.717, 1.165) is 23.2 Å². The SMILES string of the molecule is CC1(C)c2ccccc2-c2ccc(N(c3ccc(-c4ccccc4)cc3)c3ccc(-c4ccc5c(c4)-c4ccccc4C54CC5CCC4C5)cc3)cc21. The van der Waals surface area contributed by atoms with Crippen LogP contribution in [0.3, 0.4) is 0 Å². The minimum atomic E-state index is -0.0720. The normalized spacial score (nSPS) is 20.9. The number of hydrogen-bond donors (Lipinski definition) is 0. The Kier molecular flexibility index (Phi) is 6.66. The van der Waals surface area contributed by atoms with Crippen LogP contribution in [0.5, 0.6) is 0 Å². The summed E-state index contributed by atoms with van der Waals surface area (Å²) < 4.78 is 0. The third-order valence-electron chi connectivity index (χ3n) is 13.6. The Morgan fingerprint density at radius 2 is 0.981 bits per heavy atom. The molecule has 11 rings (SSSR count). The number of rotatable bonds is 5. The zero-order valence-corrected chi connectivity index (χ0v) is 30.5. The molecule has 7 aromatic rings. The number of benzene rings is 7. The van der Waals surface area contributed by atoms with Crippen molar-refractivity contribution < 1.29 is 0 Å². The maximum Gasteiger partial charge on any atom is 0.0465 e. The monoisotopic (exact) mass is 681 g/mol. The summed E-state index contributed by atoms with van der Waals surface area (Å²) in [5, 5.41) is 0. The summed E-state index contributed by atoms with van der Waals surface area (Å²) in [5.41, 5.74) is 20.2. The summed E-state index contributed by atoms with van der Waals surface area (Å²) in [6.07, 6.45) is 5.52. The second-order valence-electron chi connectivity index (χ2n) is 16.6. The summed E-state index contributed by atoms with van der Waals surface area (Å²) in [5.74, 6) is 1.67.